The molecule has 120 valence electrons. The Balaban J connectivity index is 2.29. The van der Waals surface area contributed by atoms with E-state index in [-0.39, 0.29) is 6.04 Å². The number of anilines is 1. The Kier molecular flexibility index (Phi) is 5.27. The zero-order chi connectivity index (χ0) is 15.6. The zero-order valence-electron chi connectivity index (χ0n) is 14.3. The molecule has 0 spiro atoms. The SMILES string of the molecule is CCC(N)Cc1c(C)nn(C)c1N1CCCC1CN(C)C. The topological polar surface area (TPSA) is 50.3 Å². The van der Waals surface area contributed by atoms with E-state index in [1.54, 1.807) is 0 Å². The maximum Gasteiger partial charge on any atom is 0.130 e. The maximum absolute atomic E-state index is 6.20. The molecule has 2 heterocycles. The highest BCUT2D eigenvalue weighted by molar-refractivity contribution is 5.52. The number of aryl methyl sites for hydroxylation is 2. The van der Waals surface area contributed by atoms with Gasteiger partial charge in [-0.2, -0.15) is 5.10 Å². The molecule has 0 aromatic carbocycles. The highest BCUT2D eigenvalue weighted by Gasteiger charge is 2.30. The van der Waals surface area contributed by atoms with Crippen molar-refractivity contribution in [3.63, 3.8) is 0 Å². The Hall–Kier alpha value is -1.07. The fourth-order valence-electron chi connectivity index (χ4n) is 3.42. The van der Waals surface area contributed by atoms with Gasteiger partial charge in [0.25, 0.3) is 0 Å². The van der Waals surface area contributed by atoms with E-state index < -0.39 is 0 Å². The predicted octanol–water partition coefficient (Wildman–Crippen LogP) is 1.54. The second kappa shape index (κ2) is 6.79. The molecular formula is C16H31N5. The zero-order valence-corrected chi connectivity index (χ0v) is 14.3. The third-order valence-corrected chi connectivity index (χ3v) is 4.53. The molecule has 2 rings (SSSR count). The molecule has 0 radical (unpaired) electrons. The average Bonchev–Trinajstić information content (AvgIpc) is 2.94. The fraction of sp³-hybridized carbons (Fsp3) is 0.812. The summed E-state index contributed by atoms with van der Waals surface area (Å²) in [6, 6.07) is 0.813. The summed E-state index contributed by atoms with van der Waals surface area (Å²) in [7, 11) is 6.37. The van der Waals surface area contributed by atoms with E-state index in [1.165, 1.54) is 24.2 Å². The summed E-state index contributed by atoms with van der Waals surface area (Å²) < 4.78 is 2.06. The van der Waals surface area contributed by atoms with Gasteiger partial charge in [-0.3, -0.25) is 4.68 Å². The Morgan fingerprint density at radius 3 is 2.76 bits per heavy atom. The normalized spacial score (nSPS) is 20.5. The Labute approximate surface area is 129 Å². The minimum absolute atomic E-state index is 0.224. The molecule has 1 aromatic heterocycles. The van der Waals surface area contributed by atoms with Crippen LogP contribution in [0.25, 0.3) is 0 Å². The van der Waals surface area contributed by atoms with Crippen molar-refractivity contribution in [1.29, 1.82) is 0 Å². The van der Waals surface area contributed by atoms with Gasteiger partial charge in [-0.15, -0.1) is 0 Å². The Morgan fingerprint density at radius 2 is 2.14 bits per heavy atom. The molecule has 0 saturated carbocycles. The molecule has 0 aliphatic carbocycles. The first-order valence-corrected chi connectivity index (χ1v) is 8.13. The van der Waals surface area contributed by atoms with Crippen molar-refractivity contribution in [3.8, 4) is 0 Å². The van der Waals surface area contributed by atoms with Crippen molar-refractivity contribution in [2.45, 2.75) is 51.6 Å². The van der Waals surface area contributed by atoms with Crippen molar-refractivity contribution in [2.75, 3.05) is 32.1 Å². The van der Waals surface area contributed by atoms with Gasteiger partial charge >= 0.3 is 0 Å². The van der Waals surface area contributed by atoms with Gasteiger partial charge in [0, 0.05) is 37.8 Å². The molecule has 2 N–H and O–H groups in total. The van der Waals surface area contributed by atoms with Gasteiger partial charge < -0.3 is 15.5 Å². The second-order valence-electron chi connectivity index (χ2n) is 6.64. The number of likely N-dealkylation sites (N-methyl/N-ethyl adjacent to an activating group) is 1. The predicted molar refractivity (Wildman–Crippen MR) is 88.8 cm³/mol. The van der Waals surface area contributed by atoms with Crippen molar-refractivity contribution in [3.05, 3.63) is 11.3 Å². The lowest BCUT2D eigenvalue weighted by Gasteiger charge is -2.30. The third kappa shape index (κ3) is 3.58. The molecule has 1 saturated heterocycles. The number of nitrogens with zero attached hydrogens (tertiary/aromatic N) is 4. The maximum atomic E-state index is 6.20. The monoisotopic (exact) mass is 293 g/mol. The number of nitrogens with two attached hydrogens (primary N) is 1. The lowest BCUT2D eigenvalue weighted by Crippen LogP contribution is -2.39. The highest BCUT2D eigenvalue weighted by Crippen LogP contribution is 2.31. The average molecular weight is 293 g/mol. The summed E-state index contributed by atoms with van der Waals surface area (Å²) in [5.41, 5.74) is 8.68. The van der Waals surface area contributed by atoms with Gasteiger partial charge in [0.05, 0.1) is 5.69 Å². The van der Waals surface area contributed by atoms with Crippen LogP contribution in [0.3, 0.4) is 0 Å². The van der Waals surface area contributed by atoms with Crippen molar-refractivity contribution < 1.29 is 0 Å². The smallest absolute Gasteiger partial charge is 0.130 e. The van der Waals surface area contributed by atoms with E-state index in [4.69, 9.17) is 5.73 Å². The van der Waals surface area contributed by atoms with Crippen LogP contribution in [0.5, 0.6) is 0 Å². The Bertz CT molecular complexity index is 465. The minimum atomic E-state index is 0.224. The molecule has 2 unspecified atom stereocenters. The van der Waals surface area contributed by atoms with Gasteiger partial charge in [-0.1, -0.05) is 6.92 Å². The summed E-state index contributed by atoms with van der Waals surface area (Å²) in [6.45, 7) is 6.49. The molecule has 5 nitrogen and oxygen atoms in total. The third-order valence-electron chi connectivity index (χ3n) is 4.53. The lowest BCUT2D eigenvalue weighted by molar-refractivity contribution is 0.370. The van der Waals surface area contributed by atoms with Crippen LogP contribution in [-0.4, -0.2) is 53.9 Å². The lowest BCUT2D eigenvalue weighted by atomic mass is 10.0. The molecule has 0 amide bonds. The van der Waals surface area contributed by atoms with Gasteiger partial charge in [-0.05, 0) is 46.7 Å². The molecule has 21 heavy (non-hydrogen) atoms. The highest BCUT2D eigenvalue weighted by atomic mass is 15.4. The van der Waals surface area contributed by atoms with E-state index in [1.807, 2.05) is 0 Å². The van der Waals surface area contributed by atoms with E-state index in [0.29, 0.717) is 6.04 Å². The van der Waals surface area contributed by atoms with Gasteiger partial charge in [0.15, 0.2) is 0 Å². The fourth-order valence-corrected chi connectivity index (χ4v) is 3.42. The van der Waals surface area contributed by atoms with Crippen LogP contribution in [0, 0.1) is 6.92 Å². The first-order chi connectivity index (χ1) is 9.93. The largest absolute Gasteiger partial charge is 0.352 e. The summed E-state index contributed by atoms with van der Waals surface area (Å²) in [5.74, 6) is 1.29. The molecule has 1 aromatic rings. The van der Waals surface area contributed by atoms with Crippen LogP contribution < -0.4 is 10.6 Å². The van der Waals surface area contributed by atoms with E-state index in [2.05, 4.69) is 54.6 Å². The summed E-state index contributed by atoms with van der Waals surface area (Å²) >= 11 is 0. The van der Waals surface area contributed by atoms with Crippen LogP contribution in [0.1, 0.15) is 37.4 Å². The number of rotatable bonds is 6. The molecule has 1 aliphatic rings. The van der Waals surface area contributed by atoms with Crippen molar-refractivity contribution >= 4 is 5.82 Å². The molecule has 1 aliphatic heterocycles. The number of hydrogen-bond acceptors (Lipinski definition) is 4. The van der Waals surface area contributed by atoms with Crippen molar-refractivity contribution in [1.82, 2.24) is 14.7 Å². The quantitative estimate of drug-likeness (QED) is 0.864. The van der Waals surface area contributed by atoms with Crippen LogP contribution in [-0.2, 0) is 13.5 Å². The Morgan fingerprint density at radius 1 is 1.43 bits per heavy atom. The van der Waals surface area contributed by atoms with Crippen LogP contribution in [0.2, 0.25) is 0 Å². The van der Waals surface area contributed by atoms with Crippen molar-refractivity contribution in [2.24, 2.45) is 12.8 Å². The van der Waals surface area contributed by atoms with Crippen LogP contribution in [0.4, 0.5) is 5.82 Å². The van der Waals surface area contributed by atoms with Gasteiger partial charge in [0.2, 0.25) is 0 Å². The van der Waals surface area contributed by atoms with E-state index in [0.717, 1.165) is 31.6 Å². The van der Waals surface area contributed by atoms with E-state index >= 15 is 0 Å². The van der Waals surface area contributed by atoms with Crippen LogP contribution >= 0.6 is 0 Å². The molecule has 2 atom stereocenters. The summed E-state index contributed by atoms with van der Waals surface area (Å²) in [4.78, 5) is 4.83. The van der Waals surface area contributed by atoms with E-state index in [9.17, 15) is 0 Å². The summed E-state index contributed by atoms with van der Waals surface area (Å²) in [6.07, 6.45) is 4.47. The van der Waals surface area contributed by atoms with Crippen LogP contribution in [0.15, 0.2) is 0 Å². The first kappa shape index (κ1) is 16.3. The molecule has 5 heteroatoms. The first-order valence-electron chi connectivity index (χ1n) is 8.13. The standard InChI is InChI=1S/C16H31N5/c1-6-13(17)10-15-12(2)18-20(5)16(15)21-9-7-8-14(21)11-19(3)4/h13-14H,6-11,17H2,1-5H3. The van der Waals surface area contributed by atoms with Gasteiger partial charge in [0.1, 0.15) is 5.82 Å². The molecular weight excluding hydrogens is 262 g/mol. The minimum Gasteiger partial charge on any atom is -0.352 e. The number of aromatic nitrogens is 2. The number of hydrogen-bond donors (Lipinski definition) is 1. The second-order valence-corrected chi connectivity index (χ2v) is 6.64. The molecule has 0 bridgehead atoms. The summed E-state index contributed by atoms with van der Waals surface area (Å²) in [5, 5.41) is 4.66. The van der Waals surface area contributed by atoms with Gasteiger partial charge in [-0.25, -0.2) is 0 Å². The molecule has 1 fully saturated rings.